The molecule has 226 valence electrons. The number of hydrogen-bond donors (Lipinski definition) is 0. The molecule has 0 atom stereocenters. The number of benzene rings is 3. The first-order valence-corrected chi connectivity index (χ1v) is 15.5. The summed E-state index contributed by atoms with van der Waals surface area (Å²) in [5.74, 6) is -1.09. The van der Waals surface area contributed by atoms with Gasteiger partial charge in [-0.1, -0.05) is 53.0 Å². The highest BCUT2D eigenvalue weighted by molar-refractivity contribution is 7.90. The van der Waals surface area contributed by atoms with Crippen LogP contribution in [0.25, 0.3) is 22.6 Å². The minimum atomic E-state index is -4.41. The van der Waals surface area contributed by atoms with E-state index in [0.29, 0.717) is 11.3 Å². The van der Waals surface area contributed by atoms with Gasteiger partial charge in [-0.2, -0.15) is 0 Å². The van der Waals surface area contributed by atoms with Crippen molar-refractivity contribution < 1.29 is 32.2 Å². The fourth-order valence-corrected chi connectivity index (χ4v) is 6.53. The van der Waals surface area contributed by atoms with Crippen LogP contribution in [0.2, 0.25) is 10.0 Å². The number of rotatable bonds is 8. The Labute approximate surface area is 260 Å². The second-order valence-electron chi connectivity index (χ2n) is 10.6. The molecule has 0 amide bonds. The smallest absolute Gasteiger partial charge is 0.356 e. The van der Waals surface area contributed by atoms with E-state index in [0.717, 1.165) is 9.54 Å². The second-order valence-corrected chi connectivity index (χ2v) is 13.3. The fraction of sp³-hybridized carbons (Fsp3) is 0.250. The van der Waals surface area contributed by atoms with Crippen LogP contribution >= 0.6 is 23.2 Å². The molecule has 0 aliphatic heterocycles. The summed E-state index contributed by atoms with van der Waals surface area (Å²) in [7, 11) is -2.90. The number of aryl methyl sites for hydroxylation is 1. The molecule has 0 saturated carbocycles. The molecule has 1 aromatic heterocycles. The summed E-state index contributed by atoms with van der Waals surface area (Å²) in [6.45, 7) is 8.55. The topological polar surface area (TPSA) is 101 Å². The summed E-state index contributed by atoms with van der Waals surface area (Å²) >= 11 is 13.1. The van der Waals surface area contributed by atoms with Crippen molar-refractivity contribution in [1.29, 1.82) is 0 Å². The van der Waals surface area contributed by atoms with Crippen LogP contribution in [0.3, 0.4) is 0 Å². The van der Waals surface area contributed by atoms with Crippen LogP contribution in [0.4, 0.5) is 0 Å². The molecule has 0 radical (unpaired) electrons. The quantitative estimate of drug-likeness (QED) is 0.144. The minimum Gasteiger partial charge on any atom is -0.497 e. The van der Waals surface area contributed by atoms with Crippen molar-refractivity contribution >= 4 is 67.7 Å². The average molecular weight is 645 g/mol. The molecule has 4 aromatic rings. The van der Waals surface area contributed by atoms with Crippen LogP contribution in [0, 0.1) is 6.92 Å². The summed E-state index contributed by atoms with van der Waals surface area (Å²) in [5, 5.41) is 0.388. The van der Waals surface area contributed by atoms with Gasteiger partial charge in [-0.05, 0) is 82.7 Å². The van der Waals surface area contributed by atoms with Gasteiger partial charge in [-0.15, -0.1) is 0 Å². The number of ether oxygens (including phenoxy) is 3. The van der Waals surface area contributed by atoms with Crippen LogP contribution < -0.4 is 4.74 Å². The van der Waals surface area contributed by atoms with Gasteiger partial charge < -0.3 is 14.2 Å². The Hall–Kier alpha value is -3.79. The Morgan fingerprint density at radius 2 is 1.60 bits per heavy atom. The third kappa shape index (κ3) is 6.74. The van der Waals surface area contributed by atoms with Crippen molar-refractivity contribution in [2.75, 3.05) is 13.7 Å². The largest absolute Gasteiger partial charge is 0.497 e. The van der Waals surface area contributed by atoms with E-state index in [2.05, 4.69) is 0 Å². The van der Waals surface area contributed by atoms with E-state index >= 15 is 0 Å². The normalized spacial score (nSPS) is 12.3. The van der Waals surface area contributed by atoms with Gasteiger partial charge in [0.2, 0.25) is 0 Å². The standard InChI is InChI=1S/C32H31Cl2NO7S/c1-7-41-31(37)29-25(18-24(30(36)42-32(3,4)5)20-10-12-22(40-6)13-11-20)28-26(34)16-21(33)17-27(28)35(29)43(38,39)23-14-8-19(2)9-15-23/h8-18H,7H2,1-6H3/b24-18-. The average Bonchev–Trinajstić information content (AvgIpc) is 3.26. The molecule has 0 spiro atoms. The Morgan fingerprint density at radius 1 is 0.977 bits per heavy atom. The number of carbonyl (C=O) groups is 2. The molecule has 11 heteroatoms. The first-order valence-electron chi connectivity index (χ1n) is 13.3. The number of carbonyl (C=O) groups excluding carboxylic acids is 2. The molecule has 0 bridgehead atoms. The fourth-order valence-electron chi connectivity index (χ4n) is 4.44. The summed E-state index contributed by atoms with van der Waals surface area (Å²) in [5.41, 5.74) is 0.182. The third-order valence-corrected chi connectivity index (χ3v) is 8.56. The molecule has 4 rings (SSSR count). The minimum absolute atomic E-state index is 0.0330. The van der Waals surface area contributed by atoms with Crippen molar-refractivity contribution in [3.05, 3.63) is 93.1 Å². The highest BCUT2D eigenvalue weighted by Gasteiger charge is 2.33. The maximum atomic E-state index is 14.2. The van der Waals surface area contributed by atoms with Gasteiger partial charge in [-0.3, -0.25) is 0 Å². The maximum Gasteiger partial charge on any atom is 0.356 e. The molecule has 8 nitrogen and oxygen atoms in total. The Kier molecular flexibility index (Phi) is 9.30. The molecule has 43 heavy (non-hydrogen) atoms. The second kappa shape index (κ2) is 12.4. The Bertz CT molecular complexity index is 1830. The first kappa shape index (κ1) is 32.1. The van der Waals surface area contributed by atoms with Crippen molar-refractivity contribution in [3.8, 4) is 5.75 Å². The molecule has 3 aromatic carbocycles. The van der Waals surface area contributed by atoms with E-state index in [1.54, 1.807) is 64.1 Å². The number of esters is 2. The number of nitrogens with zero attached hydrogens (tertiary/aromatic N) is 1. The lowest BCUT2D eigenvalue weighted by atomic mass is 10.0. The van der Waals surface area contributed by atoms with Gasteiger partial charge in [-0.25, -0.2) is 22.0 Å². The van der Waals surface area contributed by atoms with E-state index in [-0.39, 0.29) is 49.3 Å². The lowest BCUT2D eigenvalue weighted by molar-refractivity contribution is -0.147. The maximum absolute atomic E-state index is 14.2. The molecule has 1 heterocycles. The summed E-state index contributed by atoms with van der Waals surface area (Å²) in [4.78, 5) is 27.2. The number of hydrogen-bond acceptors (Lipinski definition) is 7. The Balaban J connectivity index is 2.17. The van der Waals surface area contributed by atoms with Crippen LogP contribution in [0.5, 0.6) is 5.75 Å². The highest BCUT2D eigenvalue weighted by atomic mass is 35.5. The number of methoxy groups -OCH3 is 1. The molecular weight excluding hydrogens is 613 g/mol. The van der Waals surface area contributed by atoms with Crippen molar-refractivity contribution in [1.82, 2.24) is 3.97 Å². The first-order chi connectivity index (χ1) is 20.2. The molecule has 0 aliphatic carbocycles. The van der Waals surface area contributed by atoms with Gasteiger partial charge in [0.05, 0.1) is 34.7 Å². The van der Waals surface area contributed by atoms with Crippen LogP contribution in [-0.2, 0) is 24.3 Å². The van der Waals surface area contributed by atoms with Crippen LogP contribution in [0.1, 0.15) is 54.9 Å². The molecule has 0 aliphatic rings. The summed E-state index contributed by atoms with van der Waals surface area (Å²) in [6, 6.07) is 15.6. The third-order valence-electron chi connectivity index (χ3n) is 6.32. The molecule has 0 N–H and O–H groups in total. The number of fused-ring (bicyclic) bond motifs is 1. The Morgan fingerprint density at radius 3 is 2.16 bits per heavy atom. The summed E-state index contributed by atoms with van der Waals surface area (Å²) in [6.07, 6.45) is 1.39. The van der Waals surface area contributed by atoms with Crippen molar-refractivity contribution in [2.45, 2.75) is 45.1 Å². The lowest BCUT2D eigenvalue weighted by Gasteiger charge is -2.21. The van der Waals surface area contributed by atoms with Crippen molar-refractivity contribution in [3.63, 3.8) is 0 Å². The zero-order chi connectivity index (χ0) is 31.7. The van der Waals surface area contributed by atoms with E-state index < -0.39 is 27.6 Å². The van der Waals surface area contributed by atoms with Crippen LogP contribution in [-0.4, -0.2) is 43.6 Å². The van der Waals surface area contributed by atoms with Gasteiger partial charge >= 0.3 is 11.9 Å². The SMILES string of the molecule is CCOC(=O)c1c(/C=C(\C(=O)OC(C)(C)C)c2ccc(OC)cc2)c2c(Cl)cc(Cl)cc2n1S(=O)(=O)c1ccc(C)cc1. The lowest BCUT2D eigenvalue weighted by Crippen LogP contribution is -2.24. The van der Waals surface area contributed by atoms with E-state index in [1.165, 1.54) is 37.5 Å². The monoisotopic (exact) mass is 643 g/mol. The molecular formula is C32H31Cl2NO7S. The predicted molar refractivity (Wildman–Crippen MR) is 168 cm³/mol. The van der Waals surface area contributed by atoms with E-state index in [4.69, 9.17) is 37.4 Å². The van der Waals surface area contributed by atoms with E-state index in [1.807, 2.05) is 6.92 Å². The zero-order valence-corrected chi connectivity index (χ0v) is 26.9. The number of halogens is 2. The van der Waals surface area contributed by atoms with Gasteiger partial charge in [0.25, 0.3) is 10.0 Å². The van der Waals surface area contributed by atoms with E-state index in [9.17, 15) is 18.0 Å². The van der Waals surface area contributed by atoms with Gasteiger partial charge in [0.15, 0.2) is 5.69 Å². The van der Waals surface area contributed by atoms with Gasteiger partial charge in [0.1, 0.15) is 11.4 Å². The van der Waals surface area contributed by atoms with Gasteiger partial charge in [0, 0.05) is 16.0 Å². The molecule has 0 unspecified atom stereocenters. The van der Waals surface area contributed by atoms with Crippen LogP contribution in [0.15, 0.2) is 65.6 Å². The number of aromatic nitrogens is 1. The van der Waals surface area contributed by atoms with Crippen molar-refractivity contribution in [2.24, 2.45) is 0 Å². The molecule has 0 saturated heterocycles. The highest BCUT2D eigenvalue weighted by Crippen LogP contribution is 2.40. The molecule has 0 fully saturated rings. The zero-order valence-electron chi connectivity index (χ0n) is 24.5. The predicted octanol–water partition coefficient (Wildman–Crippen LogP) is 7.56. The summed E-state index contributed by atoms with van der Waals surface area (Å²) < 4.78 is 45.6.